The first-order chi connectivity index (χ1) is 8.61. The smallest absolute Gasteiger partial charge is 0.0458 e. The molecule has 1 saturated heterocycles. The first kappa shape index (κ1) is 13.7. The molecular weight excluding hydrogens is 244 g/mol. The minimum absolute atomic E-state index is 0.651. The Labute approximate surface area is 116 Å². The molecular formula is C15H23ClN2. The average molecular weight is 267 g/mol. The third-order valence-corrected chi connectivity index (χ3v) is 4.18. The van der Waals surface area contributed by atoms with Crippen molar-refractivity contribution in [3.63, 3.8) is 0 Å². The van der Waals surface area contributed by atoms with Crippen LogP contribution in [0.1, 0.15) is 26.3 Å². The molecule has 1 aliphatic heterocycles. The molecule has 1 aromatic rings. The number of rotatable bonds is 3. The minimum Gasteiger partial charge on any atom is -0.369 e. The lowest BCUT2D eigenvalue weighted by atomic mass is 10.1. The van der Waals surface area contributed by atoms with Crippen LogP contribution in [0.3, 0.4) is 0 Å². The second-order valence-corrected chi connectivity index (χ2v) is 5.65. The van der Waals surface area contributed by atoms with Gasteiger partial charge in [0, 0.05) is 42.9 Å². The molecule has 1 heterocycles. The van der Waals surface area contributed by atoms with Gasteiger partial charge in [0.05, 0.1) is 0 Å². The van der Waals surface area contributed by atoms with Crippen LogP contribution in [0.2, 0.25) is 5.02 Å². The number of aryl methyl sites for hydroxylation is 1. The second-order valence-electron chi connectivity index (χ2n) is 5.25. The summed E-state index contributed by atoms with van der Waals surface area (Å²) in [5.41, 5.74) is 2.50. The maximum atomic E-state index is 6.29. The normalized spacial score (nSPS) is 17.5. The molecule has 0 aromatic heterocycles. The lowest BCUT2D eigenvalue weighted by molar-refractivity contribution is 0.209. The summed E-state index contributed by atoms with van der Waals surface area (Å²) >= 11 is 6.29. The van der Waals surface area contributed by atoms with E-state index in [2.05, 4.69) is 48.8 Å². The molecule has 1 fully saturated rings. The molecule has 1 aliphatic rings. The SMILES string of the molecule is CCc1ccc(N2CCN(C(C)C)CC2)cc1Cl. The van der Waals surface area contributed by atoms with Crippen LogP contribution in [0.25, 0.3) is 0 Å². The van der Waals surface area contributed by atoms with Crippen LogP contribution < -0.4 is 4.90 Å². The van der Waals surface area contributed by atoms with E-state index >= 15 is 0 Å². The van der Waals surface area contributed by atoms with Crippen LogP contribution >= 0.6 is 11.6 Å². The molecule has 0 bridgehead atoms. The third kappa shape index (κ3) is 2.99. The standard InChI is InChI=1S/C15H23ClN2/c1-4-13-5-6-14(11-15(13)16)18-9-7-17(8-10-18)12(2)3/h5-6,11-12H,4,7-10H2,1-3H3. The van der Waals surface area contributed by atoms with Crippen molar-refractivity contribution in [2.75, 3.05) is 31.1 Å². The predicted octanol–water partition coefficient (Wildman–Crippen LogP) is 3.43. The van der Waals surface area contributed by atoms with Gasteiger partial charge in [0.25, 0.3) is 0 Å². The topological polar surface area (TPSA) is 6.48 Å². The molecule has 18 heavy (non-hydrogen) atoms. The van der Waals surface area contributed by atoms with Crippen LogP contribution in [0, 0.1) is 0 Å². The molecule has 100 valence electrons. The van der Waals surface area contributed by atoms with E-state index < -0.39 is 0 Å². The van der Waals surface area contributed by atoms with Crippen LogP contribution in [-0.2, 0) is 6.42 Å². The first-order valence-corrected chi connectivity index (χ1v) is 7.27. The summed E-state index contributed by atoms with van der Waals surface area (Å²) in [5.74, 6) is 0. The van der Waals surface area contributed by atoms with Crippen molar-refractivity contribution in [2.45, 2.75) is 33.2 Å². The monoisotopic (exact) mass is 266 g/mol. The van der Waals surface area contributed by atoms with Crippen molar-refractivity contribution >= 4 is 17.3 Å². The number of hydrogen-bond acceptors (Lipinski definition) is 2. The highest BCUT2D eigenvalue weighted by Crippen LogP contribution is 2.25. The van der Waals surface area contributed by atoms with Gasteiger partial charge in [0.2, 0.25) is 0 Å². The number of piperazine rings is 1. The number of anilines is 1. The first-order valence-electron chi connectivity index (χ1n) is 6.89. The van der Waals surface area contributed by atoms with E-state index in [0.29, 0.717) is 6.04 Å². The molecule has 3 heteroatoms. The van der Waals surface area contributed by atoms with E-state index in [9.17, 15) is 0 Å². The summed E-state index contributed by atoms with van der Waals surface area (Å²) in [7, 11) is 0. The summed E-state index contributed by atoms with van der Waals surface area (Å²) in [6.45, 7) is 11.2. The third-order valence-electron chi connectivity index (χ3n) is 3.83. The van der Waals surface area contributed by atoms with E-state index in [-0.39, 0.29) is 0 Å². The van der Waals surface area contributed by atoms with Gasteiger partial charge in [-0.1, -0.05) is 24.6 Å². The molecule has 0 amide bonds. The van der Waals surface area contributed by atoms with Crippen molar-refractivity contribution in [3.8, 4) is 0 Å². The number of nitrogens with zero attached hydrogens (tertiary/aromatic N) is 2. The summed E-state index contributed by atoms with van der Waals surface area (Å²) in [6, 6.07) is 7.13. The van der Waals surface area contributed by atoms with Gasteiger partial charge < -0.3 is 4.90 Å². The Bertz CT molecular complexity index is 395. The van der Waals surface area contributed by atoms with Crippen molar-refractivity contribution in [3.05, 3.63) is 28.8 Å². The maximum Gasteiger partial charge on any atom is 0.0458 e. The molecule has 0 saturated carbocycles. The fourth-order valence-corrected chi connectivity index (χ4v) is 2.82. The van der Waals surface area contributed by atoms with Crippen LogP contribution in [0.15, 0.2) is 18.2 Å². The van der Waals surface area contributed by atoms with Gasteiger partial charge in [-0.15, -0.1) is 0 Å². The van der Waals surface area contributed by atoms with E-state index in [1.165, 1.54) is 11.3 Å². The van der Waals surface area contributed by atoms with Gasteiger partial charge in [0.1, 0.15) is 0 Å². The molecule has 0 spiro atoms. The lowest BCUT2D eigenvalue weighted by Gasteiger charge is -2.38. The molecule has 2 rings (SSSR count). The zero-order chi connectivity index (χ0) is 13.1. The Morgan fingerprint density at radius 3 is 2.33 bits per heavy atom. The summed E-state index contributed by atoms with van der Waals surface area (Å²) in [5, 5.41) is 0.904. The van der Waals surface area contributed by atoms with Crippen LogP contribution in [0.4, 0.5) is 5.69 Å². The summed E-state index contributed by atoms with van der Waals surface area (Å²) in [4.78, 5) is 4.96. The Hall–Kier alpha value is -0.730. The van der Waals surface area contributed by atoms with Gasteiger partial charge in [-0.2, -0.15) is 0 Å². The number of halogens is 1. The molecule has 2 nitrogen and oxygen atoms in total. The average Bonchev–Trinajstić information content (AvgIpc) is 2.38. The van der Waals surface area contributed by atoms with Crippen molar-refractivity contribution in [2.24, 2.45) is 0 Å². The van der Waals surface area contributed by atoms with E-state index in [1.807, 2.05) is 0 Å². The Kier molecular flexibility index (Phi) is 4.52. The summed E-state index contributed by atoms with van der Waals surface area (Å²) < 4.78 is 0. The largest absolute Gasteiger partial charge is 0.369 e. The molecule has 0 atom stereocenters. The zero-order valence-electron chi connectivity index (χ0n) is 11.6. The van der Waals surface area contributed by atoms with Crippen molar-refractivity contribution < 1.29 is 0 Å². The molecule has 0 aliphatic carbocycles. The van der Waals surface area contributed by atoms with Crippen LogP contribution in [-0.4, -0.2) is 37.1 Å². The van der Waals surface area contributed by atoms with E-state index in [4.69, 9.17) is 11.6 Å². The van der Waals surface area contributed by atoms with Gasteiger partial charge in [0.15, 0.2) is 0 Å². The van der Waals surface area contributed by atoms with Gasteiger partial charge in [-0.25, -0.2) is 0 Å². The zero-order valence-corrected chi connectivity index (χ0v) is 12.4. The quantitative estimate of drug-likeness (QED) is 0.827. The molecule has 1 aromatic carbocycles. The Balaban J connectivity index is 2.03. The maximum absolute atomic E-state index is 6.29. The molecule has 0 radical (unpaired) electrons. The highest BCUT2D eigenvalue weighted by Gasteiger charge is 2.19. The van der Waals surface area contributed by atoms with Gasteiger partial charge in [-0.05, 0) is 38.0 Å². The summed E-state index contributed by atoms with van der Waals surface area (Å²) in [6.07, 6.45) is 1.00. The number of hydrogen-bond donors (Lipinski definition) is 0. The minimum atomic E-state index is 0.651. The van der Waals surface area contributed by atoms with E-state index in [0.717, 1.165) is 37.6 Å². The highest BCUT2D eigenvalue weighted by molar-refractivity contribution is 6.31. The highest BCUT2D eigenvalue weighted by atomic mass is 35.5. The van der Waals surface area contributed by atoms with Crippen molar-refractivity contribution in [1.29, 1.82) is 0 Å². The second kappa shape index (κ2) is 5.94. The van der Waals surface area contributed by atoms with Crippen LogP contribution in [0.5, 0.6) is 0 Å². The molecule has 0 N–H and O–H groups in total. The van der Waals surface area contributed by atoms with Gasteiger partial charge >= 0.3 is 0 Å². The Morgan fingerprint density at radius 1 is 1.17 bits per heavy atom. The fraction of sp³-hybridized carbons (Fsp3) is 0.600. The van der Waals surface area contributed by atoms with Gasteiger partial charge in [-0.3, -0.25) is 4.90 Å². The fourth-order valence-electron chi connectivity index (χ4n) is 2.52. The Morgan fingerprint density at radius 2 is 1.83 bits per heavy atom. The van der Waals surface area contributed by atoms with E-state index in [1.54, 1.807) is 0 Å². The lowest BCUT2D eigenvalue weighted by Crippen LogP contribution is -2.48. The number of benzene rings is 1. The molecule has 0 unspecified atom stereocenters. The predicted molar refractivity (Wildman–Crippen MR) is 79.8 cm³/mol. The van der Waals surface area contributed by atoms with Crippen molar-refractivity contribution in [1.82, 2.24) is 4.90 Å².